The summed E-state index contributed by atoms with van der Waals surface area (Å²) in [4.78, 5) is 4.38. The highest BCUT2D eigenvalue weighted by Gasteiger charge is 2.21. The van der Waals surface area contributed by atoms with Crippen molar-refractivity contribution in [1.29, 1.82) is 0 Å². The predicted octanol–water partition coefficient (Wildman–Crippen LogP) is 0.750. The Labute approximate surface area is 73.3 Å². The second kappa shape index (κ2) is 4.38. The molecule has 1 fully saturated rings. The van der Waals surface area contributed by atoms with E-state index in [9.17, 15) is 0 Å². The van der Waals surface area contributed by atoms with Crippen LogP contribution >= 0.6 is 0 Å². The number of hydrogen-bond acceptors (Lipinski definition) is 3. The van der Waals surface area contributed by atoms with Crippen LogP contribution in [0.5, 0.6) is 0 Å². The molecule has 0 amide bonds. The van der Waals surface area contributed by atoms with E-state index in [-0.39, 0.29) is 12.1 Å². The van der Waals surface area contributed by atoms with Gasteiger partial charge < -0.3 is 10.5 Å². The third-order valence-electron chi connectivity index (χ3n) is 2.04. The average Bonchev–Trinajstić information content (AvgIpc) is 2.09. The van der Waals surface area contributed by atoms with Crippen LogP contribution in [0.2, 0.25) is 0 Å². The molecule has 1 rings (SSSR count). The Morgan fingerprint density at radius 2 is 2.50 bits per heavy atom. The molecule has 0 radical (unpaired) electrons. The van der Waals surface area contributed by atoms with Crippen molar-refractivity contribution in [3.8, 4) is 0 Å². The molecule has 2 N–H and O–H groups in total. The Bertz CT molecular complexity index is 189. The van der Waals surface area contributed by atoms with E-state index in [4.69, 9.17) is 10.5 Å². The van der Waals surface area contributed by atoms with Crippen molar-refractivity contribution < 1.29 is 4.74 Å². The summed E-state index contributed by atoms with van der Waals surface area (Å²) in [7, 11) is 0. The maximum absolute atomic E-state index is 5.86. The lowest BCUT2D eigenvalue weighted by molar-refractivity contribution is 0.0718. The largest absolute Gasteiger partial charge is 0.379 e. The summed E-state index contributed by atoms with van der Waals surface area (Å²) in [5, 5.41) is 0. The van der Waals surface area contributed by atoms with Crippen LogP contribution < -0.4 is 5.73 Å². The molecule has 68 valence electrons. The van der Waals surface area contributed by atoms with Gasteiger partial charge in [-0.15, -0.1) is 0 Å². The summed E-state index contributed by atoms with van der Waals surface area (Å²) in [6.07, 6.45) is 2.64. The maximum Gasteiger partial charge on any atom is 0.0887 e. The minimum Gasteiger partial charge on any atom is -0.379 e. The minimum absolute atomic E-state index is 0.122. The van der Waals surface area contributed by atoms with Gasteiger partial charge in [-0.3, -0.25) is 4.99 Å². The van der Waals surface area contributed by atoms with Gasteiger partial charge in [0.15, 0.2) is 0 Å². The first-order valence-corrected chi connectivity index (χ1v) is 4.24. The zero-order valence-electron chi connectivity index (χ0n) is 7.49. The highest BCUT2D eigenvalue weighted by atomic mass is 16.5. The monoisotopic (exact) mass is 168 g/mol. The zero-order valence-corrected chi connectivity index (χ0v) is 7.49. The molecule has 0 aromatic heterocycles. The van der Waals surface area contributed by atoms with Gasteiger partial charge >= 0.3 is 0 Å². The highest BCUT2D eigenvalue weighted by Crippen LogP contribution is 2.09. The van der Waals surface area contributed by atoms with Crippen LogP contribution in [-0.2, 0) is 4.74 Å². The first-order chi connectivity index (χ1) is 5.74. The smallest absolute Gasteiger partial charge is 0.0887 e. The van der Waals surface area contributed by atoms with E-state index in [1.807, 2.05) is 6.92 Å². The molecule has 1 aliphatic rings. The molecule has 0 aromatic rings. The van der Waals surface area contributed by atoms with Gasteiger partial charge in [0.2, 0.25) is 0 Å². The average molecular weight is 168 g/mol. The molecule has 2 atom stereocenters. The number of ether oxygens (including phenoxy) is 1. The molecule has 1 saturated heterocycles. The Hall–Kier alpha value is -0.670. The van der Waals surface area contributed by atoms with E-state index in [1.54, 1.807) is 6.08 Å². The Morgan fingerprint density at radius 1 is 1.75 bits per heavy atom. The first-order valence-electron chi connectivity index (χ1n) is 4.24. The molecular formula is C9H16N2O. The molecule has 0 bridgehead atoms. The molecule has 1 aliphatic heterocycles. The third kappa shape index (κ3) is 2.43. The molecule has 2 unspecified atom stereocenters. The van der Waals surface area contributed by atoms with Gasteiger partial charge in [-0.1, -0.05) is 6.58 Å². The number of nitrogens with zero attached hydrogens (tertiary/aromatic N) is 1. The van der Waals surface area contributed by atoms with E-state index in [0.717, 1.165) is 18.7 Å². The standard InChI is InChI=1S/C9H16N2O/c1-3-7(2)11-9-6-12-5-4-8(9)10/h3,8-9H,1,4-6,10H2,2H3. The van der Waals surface area contributed by atoms with Crippen molar-refractivity contribution >= 4 is 5.71 Å². The molecule has 0 aromatic carbocycles. The SMILES string of the molecule is C=CC(C)=NC1COCCC1N. The van der Waals surface area contributed by atoms with Crippen molar-refractivity contribution in [3.05, 3.63) is 12.7 Å². The van der Waals surface area contributed by atoms with Crippen LogP contribution in [0.3, 0.4) is 0 Å². The maximum atomic E-state index is 5.86. The molecule has 1 heterocycles. The molecule has 0 aliphatic carbocycles. The molecule has 0 saturated carbocycles. The van der Waals surface area contributed by atoms with Gasteiger partial charge in [0.1, 0.15) is 0 Å². The number of allylic oxidation sites excluding steroid dienone is 1. The summed E-state index contributed by atoms with van der Waals surface area (Å²) < 4.78 is 5.28. The van der Waals surface area contributed by atoms with Crippen LogP contribution in [0.25, 0.3) is 0 Å². The second-order valence-corrected chi connectivity index (χ2v) is 3.07. The molecule has 3 heteroatoms. The van der Waals surface area contributed by atoms with Gasteiger partial charge in [-0.05, 0) is 19.4 Å². The van der Waals surface area contributed by atoms with Crippen molar-refractivity contribution in [2.45, 2.75) is 25.4 Å². The van der Waals surface area contributed by atoms with Crippen LogP contribution in [0, 0.1) is 0 Å². The van der Waals surface area contributed by atoms with Gasteiger partial charge in [-0.25, -0.2) is 0 Å². The Morgan fingerprint density at radius 3 is 3.08 bits per heavy atom. The van der Waals surface area contributed by atoms with Crippen molar-refractivity contribution in [3.63, 3.8) is 0 Å². The third-order valence-corrected chi connectivity index (χ3v) is 2.04. The molecule has 3 nitrogen and oxygen atoms in total. The lowest BCUT2D eigenvalue weighted by Crippen LogP contribution is -2.42. The quantitative estimate of drug-likeness (QED) is 0.618. The van der Waals surface area contributed by atoms with Gasteiger partial charge in [0, 0.05) is 18.4 Å². The van der Waals surface area contributed by atoms with Crippen LogP contribution in [-0.4, -0.2) is 31.0 Å². The lowest BCUT2D eigenvalue weighted by Gasteiger charge is -2.25. The number of nitrogens with two attached hydrogens (primary N) is 1. The van der Waals surface area contributed by atoms with Crippen molar-refractivity contribution in [2.24, 2.45) is 10.7 Å². The van der Waals surface area contributed by atoms with E-state index in [0.29, 0.717) is 6.61 Å². The fourth-order valence-electron chi connectivity index (χ4n) is 1.19. The number of rotatable bonds is 2. The number of aliphatic imine (C=N–C) groups is 1. The summed E-state index contributed by atoms with van der Waals surface area (Å²) in [6.45, 7) is 6.97. The Kier molecular flexibility index (Phi) is 3.44. The molecular weight excluding hydrogens is 152 g/mol. The summed E-state index contributed by atoms with van der Waals surface area (Å²) in [5.41, 5.74) is 6.79. The Balaban J connectivity index is 2.54. The van der Waals surface area contributed by atoms with Gasteiger partial charge in [-0.2, -0.15) is 0 Å². The van der Waals surface area contributed by atoms with Crippen LogP contribution in [0.15, 0.2) is 17.6 Å². The fraction of sp³-hybridized carbons (Fsp3) is 0.667. The zero-order chi connectivity index (χ0) is 8.97. The number of hydrogen-bond donors (Lipinski definition) is 1. The first kappa shape index (κ1) is 9.42. The van der Waals surface area contributed by atoms with Crippen LogP contribution in [0.1, 0.15) is 13.3 Å². The topological polar surface area (TPSA) is 47.6 Å². The molecule has 12 heavy (non-hydrogen) atoms. The van der Waals surface area contributed by atoms with E-state index in [2.05, 4.69) is 11.6 Å². The van der Waals surface area contributed by atoms with Crippen LogP contribution in [0.4, 0.5) is 0 Å². The highest BCUT2D eigenvalue weighted by molar-refractivity contribution is 5.92. The van der Waals surface area contributed by atoms with E-state index >= 15 is 0 Å². The summed E-state index contributed by atoms with van der Waals surface area (Å²) in [5.74, 6) is 0. The van der Waals surface area contributed by atoms with Gasteiger partial charge in [0.05, 0.1) is 12.6 Å². The normalized spacial score (nSPS) is 31.7. The van der Waals surface area contributed by atoms with Gasteiger partial charge in [0.25, 0.3) is 0 Å². The lowest BCUT2D eigenvalue weighted by atomic mass is 10.1. The second-order valence-electron chi connectivity index (χ2n) is 3.07. The van der Waals surface area contributed by atoms with E-state index in [1.165, 1.54) is 0 Å². The van der Waals surface area contributed by atoms with Crippen molar-refractivity contribution in [1.82, 2.24) is 0 Å². The minimum atomic E-state index is 0.122. The van der Waals surface area contributed by atoms with Crippen molar-refractivity contribution in [2.75, 3.05) is 13.2 Å². The van der Waals surface area contributed by atoms with E-state index < -0.39 is 0 Å². The summed E-state index contributed by atoms with van der Waals surface area (Å²) in [6, 6.07) is 0.269. The predicted molar refractivity (Wildman–Crippen MR) is 50.5 cm³/mol. The molecule has 0 spiro atoms. The summed E-state index contributed by atoms with van der Waals surface area (Å²) >= 11 is 0. The fourth-order valence-corrected chi connectivity index (χ4v) is 1.19.